The Kier molecular flexibility index (Phi) is 3.01. The van der Waals surface area contributed by atoms with Crippen LogP contribution >= 0.6 is 0 Å². The first kappa shape index (κ1) is 10.8. The number of nitrogens with zero attached hydrogens (tertiary/aromatic N) is 2. The van der Waals surface area contributed by atoms with Gasteiger partial charge in [-0.25, -0.2) is 4.39 Å². The van der Waals surface area contributed by atoms with Gasteiger partial charge < -0.3 is 5.73 Å². The van der Waals surface area contributed by atoms with E-state index in [2.05, 4.69) is 5.10 Å². The van der Waals surface area contributed by atoms with Crippen LogP contribution in [0.1, 0.15) is 17.2 Å². The summed E-state index contributed by atoms with van der Waals surface area (Å²) in [5.41, 5.74) is 7.52. The zero-order valence-corrected chi connectivity index (χ0v) is 9.10. The van der Waals surface area contributed by atoms with Crippen molar-refractivity contribution in [2.75, 3.05) is 0 Å². The zero-order chi connectivity index (χ0) is 11.5. The molecule has 0 spiro atoms. The van der Waals surface area contributed by atoms with Gasteiger partial charge >= 0.3 is 0 Å². The number of aryl methyl sites for hydroxylation is 1. The minimum atomic E-state index is -0.328. The highest BCUT2D eigenvalue weighted by molar-refractivity contribution is 5.23. The second kappa shape index (κ2) is 4.45. The molecule has 0 aliphatic rings. The van der Waals surface area contributed by atoms with Crippen LogP contribution in [0.25, 0.3) is 0 Å². The van der Waals surface area contributed by atoms with Gasteiger partial charge in [-0.1, -0.05) is 18.2 Å². The Morgan fingerprint density at radius 3 is 2.81 bits per heavy atom. The molecular weight excluding hydrogens is 205 g/mol. The molecule has 3 nitrogen and oxygen atoms in total. The lowest BCUT2D eigenvalue weighted by atomic mass is 10.0. The van der Waals surface area contributed by atoms with Crippen molar-refractivity contribution in [2.45, 2.75) is 12.5 Å². The maximum Gasteiger partial charge on any atom is 0.127 e. The molecule has 2 N–H and O–H groups in total. The van der Waals surface area contributed by atoms with Crippen molar-refractivity contribution < 1.29 is 4.39 Å². The van der Waals surface area contributed by atoms with Crippen molar-refractivity contribution in [2.24, 2.45) is 12.8 Å². The number of rotatable bonds is 3. The molecule has 0 fully saturated rings. The molecule has 84 valence electrons. The second-order valence-electron chi connectivity index (χ2n) is 3.85. The van der Waals surface area contributed by atoms with Gasteiger partial charge in [0.15, 0.2) is 0 Å². The first-order valence-electron chi connectivity index (χ1n) is 5.14. The van der Waals surface area contributed by atoms with Crippen molar-refractivity contribution in [3.05, 3.63) is 53.6 Å². The smallest absolute Gasteiger partial charge is 0.127 e. The summed E-state index contributed by atoms with van der Waals surface area (Å²) in [5.74, 6) is -0.251. The molecule has 0 aliphatic carbocycles. The van der Waals surface area contributed by atoms with Gasteiger partial charge in [0, 0.05) is 24.8 Å². The van der Waals surface area contributed by atoms with Crippen LogP contribution in [-0.2, 0) is 13.5 Å². The maximum atomic E-state index is 13.4. The van der Waals surface area contributed by atoms with Gasteiger partial charge in [-0.3, -0.25) is 4.68 Å². The van der Waals surface area contributed by atoms with Crippen LogP contribution in [0.3, 0.4) is 0 Å². The van der Waals surface area contributed by atoms with E-state index in [0.29, 0.717) is 12.0 Å². The van der Waals surface area contributed by atoms with Gasteiger partial charge in [0.25, 0.3) is 0 Å². The summed E-state index contributed by atoms with van der Waals surface area (Å²) >= 11 is 0. The van der Waals surface area contributed by atoms with Crippen LogP contribution in [0.5, 0.6) is 0 Å². The zero-order valence-electron chi connectivity index (χ0n) is 9.10. The van der Waals surface area contributed by atoms with E-state index in [1.165, 1.54) is 6.07 Å². The van der Waals surface area contributed by atoms with Gasteiger partial charge in [-0.05, 0) is 18.1 Å². The highest BCUT2D eigenvalue weighted by Crippen LogP contribution is 2.18. The molecule has 2 aromatic rings. The van der Waals surface area contributed by atoms with E-state index in [0.717, 1.165) is 5.56 Å². The van der Waals surface area contributed by atoms with Crippen LogP contribution in [-0.4, -0.2) is 9.78 Å². The number of hydrogen-bond donors (Lipinski definition) is 1. The molecule has 4 heteroatoms. The lowest BCUT2D eigenvalue weighted by molar-refractivity contribution is 0.580. The molecule has 0 aliphatic heterocycles. The van der Waals surface area contributed by atoms with Crippen LogP contribution in [0.2, 0.25) is 0 Å². The van der Waals surface area contributed by atoms with Gasteiger partial charge in [-0.15, -0.1) is 0 Å². The summed E-state index contributed by atoms with van der Waals surface area (Å²) in [4.78, 5) is 0. The fraction of sp³-hybridized carbons (Fsp3) is 0.250. The predicted molar refractivity (Wildman–Crippen MR) is 60.2 cm³/mol. The van der Waals surface area contributed by atoms with Crippen molar-refractivity contribution in [1.29, 1.82) is 0 Å². The van der Waals surface area contributed by atoms with E-state index in [9.17, 15) is 4.39 Å². The molecule has 1 aromatic heterocycles. The van der Waals surface area contributed by atoms with Crippen LogP contribution in [0.15, 0.2) is 36.7 Å². The minimum Gasteiger partial charge on any atom is -0.324 e. The first-order chi connectivity index (χ1) is 7.66. The van der Waals surface area contributed by atoms with Crippen molar-refractivity contribution in [1.82, 2.24) is 9.78 Å². The average molecular weight is 219 g/mol. The molecule has 1 atom stereocenters. The molecule has 0 amide bonds. The highest BCUT2D eigenvalue weighted by Gasteiger charge is 2.11. The monoisotopic (exact) mass is 219 g/mol. The summed E-state index contributed by atoms with van der Waals surface area (Å²) in [6, 6.07) is 6.27. The van der Waals surface area contributed by atoms with Crippen LogP contribution in [0.4, 0.5) is 4.39 Å². The van der Waals surface area contributed by atoms with E-state index in [-0.39, 0.29) is 11.9 Å². The summed E-state index contributed by atoms with van der Waals surface area (Å²) < 4.78 is 15.2. The Balaban J connectivity index is 2.14. The molecule has 0 saturated carbocycles. The molecule has 1 aromatic carbocycles. The standard InChI is InChI=1S/C12H14FN3/c1-16-8-9(7-15-16)6-12(14)10-4-2-3-5-11(10)13/h2-5,7-8,12H,6,14H2,1H3. The van der Waals surface area contributed by atoms with Gasteiger partial charge in [0.2, 0.25) is 0 Å². The lowest BCUT2D eigenvalue weighted by Gasteiger charge is -2.11. The van der Waals surface area contributed by atoms with Crippen molar-refractivity contribution >= 4 is 0 Å². The van der Waals surface area contributed by atoms with Crippen molar-refractivity contribution in [3.8, 4) is 0 Å². The summed E-state index contributed by atoms with van der Waals surface area (Å²) in [6.07, 6.45) is 4.23. The summed E-state index contributed by atoms with van der Waals surface area (Å²) in [5, 5.41) is 4.05. The Hall–Kier alpha value is -1.68. The third-order valence-electron chi connectivity index (χ3n) is 2.52. The van der Waals surface area contributed by atoms with E-state index < -0.39 is 0 Å². The van der Waals surface area contributed by atoms with E-state index in [4.69, 9.17) is 5.73 Å². The Bertz CT molecular complexity index is 479. The first-order valence-corrected chi connectivity index (χ1v) is 5.14. The third kappa shape index (κ3) is 2.28. The molecule has 0 bridgehead atoms. The number of nitrogens with two attached hydrogens (primary N) is 1. The summed E-state index contributed by atoms with van der Waals surface area (Å²) in [7, 11) is 1.85. The molecule has 0 radical (unpaired) electrons. The Morgan fingerprint density at radius 2 is 2.19 bits per heavy atom. The van der Waals surface area contributed by atoms with Crippen LogP contribution < -0.4 is 5.73 Å². The van der Waals surface area contributed by atoms with Gasteiger partial charge in [0.05, 0.1) is 6.20 Å². The predicted octanol–water partition coefficient (Wildman–Crippen LogP) is 1.80. The maximum absolute atomic E-state index is 13.4. The average Bonchev–Trinajstić information content (AvgIpc) is 2.64. The summed E-state index contributed by atoms with van der Waals surface area (Å²) in [6.45, 7) is 0. The number of hydrogen-bond acceptors (Lipinski definition) is 2. The quantitative estimate of drug-likeness (QED) is 0.855. The lowest BCUT2D eigenvalue weighted by Crippen LogP contribution is -2.14. The molecule has 1 unspecified atom stereocenters. The number of halogens is 1. The molecule has 2 rings (SSSR count). The SMILES string of the molecule is Cn1cc(CC(N)c2ccccc2F)cn1. The third-order valence-corrected chi connectivity index (χ3v) is 2.52. The number of benzene rings is 1. The number of aromatic nitrogens is 2. The highest BCUT2D eigenvalue weighted by atomic mass is 19.1. The topological polar surface area (TPSA) is 43.8 Å². The normalized spacial score (nSPS) is 12.7. The van der Waals surface area contributed by atoms with Gasteiger partial charge in [0.1, 0.15) is 5.82 Å². The molecule has 1 heterocycles. The van der Waals surface area contributed by atoms with E-state index in [1.807, 2.05) is 13.2 Å². The Labute approximate surface area is 93.7 Å². The van der Waals surface area contributed by atoms with E-state index >= 15 is 0 Å². The Morgan fingerprint density at radius 1 is 1.44 bits per heavy atom. The molecule has 0 saturated heterocycles. The largest absolute Gasteiger partial charge is 0.324 e. The van der Waals surface area contributed by atoms with Gasteiger partial charge in [-0.2, -0.15) is 5.10 Å². The second-order valence-corrected chi connectivity index (χ2v) is 3.85. The fourth-order valence-corrected chi connectivity index (χ4v) is 1.72. The molecule has 16 heavy (non-hydrogen) atoms. The van der Waals surface area contributed by atoms with Crippen molar-refractivity contribution in [3.63, 3.8) is 0 Å². The molecular formula is C12H14FN3. The van der Waals surface area contributed by atoms with E-state index in [1.54, 1.807) is 29.1 Å². The fourth-order valence-electron chi connectivity index (χ4n) is 1.72. The van der Waals surface area contributed by atoms with Crippen LogP contribution in [0, 0.1) is 5.82 Å². The minimum absolute atomic E-state index is 0.251.